The lowest BCUT2D eigenvalue weighted by Crippen LogP contribution is -2.46. The molecule has 4 aromatic rings. The molecule has 0 atom stereocenters. The summed E-state index contributed by atoms with van der Waals surface area (Å²) in [5, 5.41) is 21.7. The van der Waals surface area contributed by atoms with E-state index in [0.29, 0.717) is 48.2 Å². The van der Waals surface area contributed by atoms with E-state index in [2.05, 4.69) is 50.2 Å². The molecule has 5 heterocycles. The van der Waals surface area contributed by atoms with Gasteiger partial charge in [0.1, 0.15) is 11.6 Å². The molecule has 6 rings (SSSR count). The highest BCUT2D eigenvalue weighted by atomic mass is 32.2. The first-order valence-corrected chi connectivity index (χ1v) is 13.7. The molecule has 0 amide bonds. The summed E-state index contributed by atoms with van der Waals surface area (Å²) in [6.45, 7) is 5.80. The van der Waals surface area contributed by atoms with E-state index in [-0.39, 0.29) is 11.3 Å². The van der Waals surface area contributed by atoms with Crippen LogP contribution in [0.5, 0.6) is 0 Å². The van der Waals surface area contributed by atoms with Crippen LogP contribution in [0.25, 0.3) is 22.3 Å². The Hall–Kier alpha value is -4.05. The topological polar surface area (TPSA) is 148 Å². The molecular weight excluding hydrogens is 492 g/mol. The average Bonchev–Trinajstić information content (AvgIpc) is 3.48. The van der Waals surface area contributed by atoms with Gasteiger partial charge in [0.2, 0.25) is 0 Å². The van der Waals surface area contributed by atoms with E-state index in [1.807, 2.05) is 16.9 Å². The second-order valence-electron chi connectivity index (χ2n) is 9.82. The summed E-state index contributed by atoms with van der Waals surface area (Å²) in [6, 6.07) is 6.07. The van der Waals surface area contributed by atoms with Crippen molar-refractivity contribution in [2.24, 2.45) is 5.92 Å². The molecule has 13 heteroatoms. The van der Waals surface area contributed by atoms with Crippen LogP contribution in [0, 0.1) is 17.2 Å². The molecule has 12 nitrogen and oxygen atoms in total. The third-order valence-electron chi connectivity index (χ3n) is 6.63. The molecule has 2 aliphatic rings. The van der Waals surface area contributed by atoms with Gasteiger partial charge in [0.15, 0.2) is 11.6 Å². The second-order valence-corrected chi connectivity index (χ2v) is 11.9. The molecule has 4 aromatic heterocycles. The Bertz CT molecular complexity index is 1620. The molecule has 2 fully saturated rings. The second kappa shape index (κ2) is 8.81. The average molecular weight is 519 g/mol. The van der Waals surface area contributed by atoms with Crippen molar-refractivity contribution < 1.29 is 8.42 Å². The SMILES string of the molecule is CC(C)n1nc(N2CC(CC#N)C2)c2cnc(Nc3ccnc(-c4cnn(S(=O)(=O)C5CC5)c4)n3)cc21. The zero-order valence-electron chi connectivity index (χ0n) is 20.5. The molecule has 1 saturated carbocycles. The van der Waals surface area contributed by atoms with E-state index in [0.717, 1.165) is 33.9 Å². The number of nitriles is 1. The molecule has 0 radical (unpaired) electrons. The minimum absolute atomic E-state index is 0.150. The number of rotatable bonds is 8. The summed E-state index contributed by atoms with van der Waals surface area (Å²) in [5.41, 5.74) is 1.47. The Morgan fingerprint density at radius 2 is 2.00 bits per heavy atom. The molecule has 190 valence electrons. The first kappa shape index (κ1) is 23.4. The van der Waals surface area contributed by atoms with E-state index in [1.165, 1.54) is 12.4 Å². The maximum Gasteiger partial charge on any atom is 0.256 e. The number of anilines is 3. The Morgan fingerprint density at radius 1 is 1.19 bits per heavy atom. The quantitative estimate of drug-likeness (QED) is 0.369. The summed E-state index contributed by atoms with van der Waals surface area (Å²) >= 11 is 0. The van der Waals surface area contributed by atoms with Crippen LogP contribution in [0.15, 0.2) is 36.9 Å². The summed E-state index contributed by atoms with van der Waals surface area (Å²) in [5.74, 6) is 2.75. The van der Waals surface area contributed by atoms with Crippen LogP contribution < -0.4 is 10.2 Å². The standard InChI is InChI=1S/C24H26N10O2S/c1-15(2)34-20-9-22(27-11-19(20)24(31-34)32-12-16(13-32)5-7-25)29-21-6-8-26-23(30-21)17-10-28-33(14-17)37(35,36)18-3-4-18/h6,8-11,14-16,18H,3-5,12-13H2,1-2H3,(H,26,27,29,30). The Labute approximate surface area is 214 Å². The van der Waals surface area contributed by atoms with Crippen molar-refractivity contribution in [2.45, 2.75) is 44.4 Å². The molecule has 1 N–H and O–H groups in total. The first-order valence-electron chi connectivity index (χ1n) is 12.2. The van der Waals surface area contributed by atoms with Crippen LogP contribution >= 0.6 is 0 Å². The normalized spacial score (nSPS) is 16.2. The predicted octanol–water partition coefficient (Wildman–Crippen LogP) is 3.10. The van der Waals surface area contributed by atoms with Crippen LogP contribution in [-0.2, 0) is 10.0 Å². The predicted molar refractivity (Wildman–Crippen MR) is 138 cm³/mol. The maximum atomic E-state index is 12.5. The highest BCUT2D eigenvalue weighted by Gasteiger charge is 2.37. The smallest absolute Gasteiger partial charge is 0.256 e. The number of pyridine rings is 1. The molecule has 1 saturated heterocycles. The van der Waals surface area contributed by atoms with Gasteiger partial charge in [-0.2, -0.15) is 19.5 Å². The van der Waals surface area contributed by atoms with E-state index in [4.69, 9.17) is 10.4 Å². The van der Waals surface area contributed by atoms with Gasteiger partial charge in [-0.25, -0.2) is 23.4 Å². The van der Waals surface area contributed by atoms with Crippen LogP contribution in [-0.4, -0.2) is 60.7 Å². The highest BCUT2D eigenvalue weighted by Crippen LogP contribution is 2.34. The Morgan fingerprint density at radius 3 is 2.73 bits per heavy atom. The van der Waals surface area contributed by atoms with Crippen LogP contribution in [0.1, 0.15) is 39.2 Å². The van der Waals surface area contributed by atoms with Gasteiger partial charge in [0.05, 0.1) is 40.2 Å². The number of hydrogen-bond acceptors (Lipinski definition) is 10. The number of aromatic nitrogens is 7. The fraction of sp³-hybridized carbons (Fsp3) is 0.417. The van der Waals surface area contributed by atoms with Crippen LogP contribution in [0.2, 0.25) is 0 Å². The van der Waals surface area contributed by atoms with Gasteiger partial charge in [-0.3, -0.25) is 4.68 Å². The molecule has 0 spiro atoms. The molecular formula is C24H26N10O2S. The number of nitrogens with zero attached hydrogens (tertiary/aromatic N) is 9. The van der Waals surface area contributed by atoms with Gasteiger partial charge in [-0.1, -0.05) is 0 Å². The zero-order chi connectivity index (χ0) is 25.7. The summed E-state index contributed by atoms with van der Waals surface area (Å²) in [6.07, 6.45) is 8.23. The Kier molecular flexibility index (Phi) is 5.56. The Balaban J connectivity index is 1.26. The molecule has 1 aliphatic carbocycles. The summed E-state index contributed by atoms with van der Waals surface area (Å²) in [7, 11) is -3.45. The lowest BCUT2D eigenvalue weighted by atomic mass is 9.97. The van der Waals surface area contributed by atoms with E-state index in [1.54, 1.807) is 12.3 Å². The third-order valence-corrected chi connectivity index (χ3v) is 8.67. The lowest BCUT2D eigenvalue weighted by Gasteiger charge is -2.38. The van der Waals surface area contributed by atoms with Gasteiger partial charge in [-0.15, -0.1) is 0 Å². The lowest BCUT2D eigenvalue weighted by molar-refractivity contribution is 0.412. The minimum atomic E-state index is -3.45. The highest BCUT2D eigenvalue weighted by molar-refractivity contribution is 7.90. The largest absolute Gasteiger partial charge is 0.354 e. The fourth-order valence-electron chi connectivity index (χ4n) is 4.49. The minimum Gasteiger partial charge on any atom is -0.354 e. The van der Waals surface area contributed by atoms with Crippen molar-refractivity contribution in [3.05, 3.63) is 36.9 Å². The first-order chi connectivity index (χ1) is 17.8. The summed E-state index contributed by atoms with van der Waals surface area (Å²) < 4.78 is 27.9. The zero-order valence-corrected chi connectivity index (χ0v) is 21.3. The van der Waals surface area contributed by atoms with Gasteiger partial charge in [0, 0.05) is 49.9 Å². The van der Waals surface area contributed by atoms with Crippen molar-refractivity contribution in [1.82, 2.24) is 33.9 Å². The van der Waals surface area contributed by atoms with E-state index >= 15 is 0 Å². The molecule has 1 aliphatic heterocycles. The fourth-order valence-corrected chi connectivity index (χ4v) is 5.97. The van der Waals surface area contributed by atoms with Crippen LogP contribution in [0.3, 0.4) is 0 Å². The summed E-state index contributed by atoms with van der Waals surface area (Å²) in [4.78, 5) is 15.6. The molecule has 0 bridgehead atoms. The van der Waals surface area contributed by atoms with Crippen LogP contribution in [0.4, 0.5) is 17.5 Å². The number of hydrogen-bond donors (Lipinski definition) is 1. The molecule has 37 heavy (non-hydrogen) atoms. The number of nitrogens with one attached hydrogen (secondary N) is 1. The molecule has 0 unspecified atom stereocenters. The monoisotopic (exact) mass is 518 g/mol. The van der Waals surface area contributed by atoms with Crippen molar-refractivity contribution >= 4 is 38.4 Å². The number of fused-ring (bicyclic) bond motifs is 1. The van der Waals surface area contributed by atoms with Gasteiger partial charge >= 0.3 is 0 Å². The van der Waals surface area contributed by atoms with Gasteiger partial charge < -0.3 is 10.2 Å². The van der Waals surface area contributed by atoms with Crippen molar-refractivity contribution in [1.29, 1.82) is 5.26 Å². The molecule has 0 aromatic carbocycles. The van der Waals surface area contributed by atoms with Gasteiger partial charge in [0.25, 0.3) is 10.0 Å². The van der Waals surface area contributed by atoms with E-state index < -0.39 is 10.0 Å². The third kappa shape index (κ3) is 4.27. The maximum absolute atomic E-state index is 12.5. The van der Waals surface area contributed by atoms with E-state index in [9.17, 15) is 8.42 Å². The van der Waals surface area contributed by atoms with Crippen molar-refractivity contribution in [3.8, 4) is 17.5 Å². The van der Waals surface area contributed by atoms with Gasteiger partial charge in [-0.05, 0) is 32.8 Å². The van der Waals surface area contributed by atoms with Crippen molar-refractivity contribution in [2.75, 3.05) is 23.3 Å². The van der Waals surface area contributed by atoms with Crippen molar-refractivity contribution in [3.63, 3.8) is 0 Å².